The van der Waals surface area contributed by atoms with E-state index < -0.39 is 16.3 Å². The van der Waals surface area contributed by atoms with Crippen LogP contribution in [0.2, 0.25) is 0 Å². The lowest BCUT2D eigenvalue weighted by Crippen LogP contribution is -2.29. The van der Waals surface area contributed by atoms with Crippen molar-refractivity contribution in [3.8, 4) is 0 Å². The van der Waals surface area contributed by atoms with Crippen molar-refractivity contribution in [3.63, 3.8) is 0 Å². The molecule has 0 heterocycles. The van der Waals surface area contributed by atoms with Crippen LogP contribution >= 0.6 is 0 Å². The highest BCUT2D eigenvalue weighted by Gasteiger charge is 2.16. The zero-order valence-electron chi connectivity index (χ0n) is 8.08. The van der Waals surface area contributed by atoms with Gasteiger partial charge in [-0.2, -0.15) is 4.72 Å². The molecule has 5 nitrogen and oxygen atoms in total. The molecule has 0 radical (unpaired) electrons. The van der Waals surface area contributed by atoms with Crippen LogP contribution in [0.5, 0.6) is 0 Å². The third-order valence-electron chi connectivity index (χ3n) is 1.62. The molecule has 0 fully saturated rings. The Balaban J connectivity index is 2.88. The van der Waals surface area contributed by atoms with Crippen molar-refractivity contribution in [2.45, 2.75) is 6.23 Å². The number of carbonyl (C=O) groups is 1. The lowest BCUT2D eigenvalue weighted by molar-refractivity contribution is -0.134. The van der Waals surface area contributed by atoms with Gasteiger partial charge in [-0.3, -0.25) is 4.79 Å². The number of sulfonamides is 1. The highest BCUT2D eigenvalue weighted by atomic mass is 32.2. The molecular formula is C9H11NO4S. The van der Waals surface area contributed by atoms with Crippen LogP contribution in [0, 0.1) is 0 Å². The molecule has 0 spiro atoms. The average Bonchev–Trinajstić information content (AvgIpc) is 2.17. The third-order valence-corrected chi connectivity index (χ3v) is 2.26. The van der Waals surface area contributed by atoms with Crippen LogP contribution in [0.15, 0.2) is 30.3 Å². The molecule has 1 unspecified atom stereocenters. The van der Waals surface area contributed by atoms with Crippen LogP contribution in [-0.4, -0.2) is 21.1 Å². The van der Waals surface area contributed by atoms with E-state index in [-0.39, 0.29) is 6.47 Å². The number of hydrogen-bond donors (Lipinski definition) is 1. The molecule has 82 valence electrons. The highest BCUT2D eigenvalue weighted by molar-refractivity contribution is 7.88. The Bertz CT molecular complexity index is 415. The van der Waals surface area contributed by atoms with Crippen molar-refractivity contribution in [2.75, 3.05) is 6.26 Å². The largest absolute Gasteiger partial charge is 0.443 e. The highest BCUT2D eigenvalue weighted by Crippen LogP contribution is 2.13. The fourth-order valence-electron chi connectivity index (χ4n) is 1.05. The number of benzene rings is 1. The monoisotopic (exact) mass is 229 g/mol. The summed E-state index contributed by atoms with van der Waals surface area (Å²) in [5, 5.41) is 0. The Morgan fingerprint density at radius 3 is 2.40 bits per heavy atom. The van der Waals surface area contributed by atoms with E-state index in [0.717, 1.165) is 6.26 Å². The molecular weight excluding hydrogens is 218 g/mol. The first-order chi connectivity index (χ1) is 7.03. The molecule has 1 rings (SSSR count). The van der Waals surface area contributed by atoms with E-state index in [1.54, 1.807) is 30.3 Å². The SMILES string of the molecule is CS(=O)(=O)NC(OC=O)c1ccccc1. The molecule has 0 saturated heterocycles. The van der Waals surface area contributed by atoms with E-state index in [2.05, 4.69) is 9.46 Å². The maximum Gasteiger partial charge on any atom is 0.294 e. The Labute approximate surface area is 88.1 Å². The molecule has 0 saturated carbocycles. The second-order valence-electron chi connectivity index (χ2n) is 2.91. The Hall–Kier alpha value is -1.40. The quantitative estimate of drug-likeness (QED) is 0.586. The minimum atomic E-state index is -3.43. The van der Waals surface area contributed by atoms with Gasteiger partial charge in [-0.15, -0.1) is 0 Å². The van der Waals surface area contributed by atoms with Crippen LogP contribution in [0.3, 0.4) is 0 Å². The molecule has 0 aliphatic carbocycles. The van der Waals surface area contributed by atoms with Crippen molar-refractivity contribution in [3.05, 3.63) is 35.9 Å². The molecule has 1 aromatic carbocycles. The summed E-state index contributed by atoms with van der Waals surface area (Å²) < 4.78 is 28.8. The van der Waals surface area contributed by atoms with Gasteiger partial charge >= 0.3 is 0 Å². The molecule has 1 N–H and O–H groups in total. The van der Waals surface area contributed by atoms with Crippen LogP contribution in [0.1, 0.15) is 11.8 Å². The zero-order valence-corrected chi connectivity index (χ0v) is 8.90. The van der Waals surface area contributed by atoms with Gasteiger partial charge < -0.3 is 4.74 Å². The minimum absolute atomic E-state index is 0.204. The molecule has 0 bridgehead atoms. The van der Waals surface area contributed by atoms with Crippen molar-refractivity contribution >= 4 is 16.5 Å². The second-order valence-corrected chi connectivity index (χ2v) is 4.69. The second kappa shape index (κ2) is 4.90. The summed E-state index contributed by atoms with van der Waals surface area (Å²) in [5.41, 5.74) is 0.565. The van der Waals surface area contributed by atoms with E-state index in [1.807, 2.05) is 0 Å². The number of carbonyl (C=O) groups excluding carboxylic acids is 1. The number of nitrogens with one attached hydrogen (secondary N) is 1. The van der Waals surface area contributed by atoms with Crippen LogP contribution in [0.25, 0.3) is 0 Å². The minimum Gasteiger partial charge on any atom is -0.443 e. The average molecular weight is 229 g/mol. The van der Waals surface area contributed by atoms with Gasteiger partial charge in [0.1, 0.15) is 0 Å². The summed E-state index contributed by atoms with van der Waals surface area (Å²) in [4.78, 5) is 10.2. The molecule has 0 amide bonds. The van der Waals surface area contributed by atoms with Crippen LogP contribution in [-0.2, 0) is 19.6 Å². The molecule has 1 aromatic rings. The standard InChI is InChI=1S/C9H11NO4S/c1-15(12,13)10-9(14-7-11)8-5-3-2-4-6-8/h2-7,9-10H,1H3. The number of rotatable bonds is 5. The molecule has 0 aromatic heterocycles. The molecule has 1 atom stereocenters. The Kier molecular flexibility index (Phi) is 3.81. The van der Waals surface area contributed by atoms with Gasteiger partial charge in [-0.25, -0.2) is 8.42 Å². The summed E-state index contributed by atoms with van der Waals surface area (Å²) in [6.07, 6.45) is 0.0237. The molecule has 0 aliphatic heterocycles. The third kappa shape index (κ3) is 4.09. The van der Waals surface area contributed by atoms with Crippen LogP contribution < -0.4 is 4.72 Å². The first-order valence-electron chi connectivity index (χ1n) is 4.14. The van der Waals surface area contributed by atoms with Crippen molar-refractivity contribution in [1.29, 1.82) is 0 Å². The van der Waals surface area contributed by atoms with Gasteiger partial charge in [-0.1, -0.05) is 30.3 Å². The maximum absolute atomic E-state index is 11.0. The normalized spacial score (nSPS) is 13.1. The van der Waals surface area contributed by atoms with E-state index in [9.17, 15) is 13.2 Å². The first-order valence-corrected chi connectivity index (χ1v) is 6.03. The maximum atomic E-state index is 11.0. The molecule has 6 heteroatoms. The van der Waals surface area contributed by atoms with Crippen molar-refractivity contribution in [2.24, 2.45) is 0 Å². The summed E-state index contributed by atoms with van der Waals surface area (Å²) in [7, 11) is -3.43. The van der Waals surface area contributed by atoms with Crippen LogP contribution in [0.4, 0.5) is 0 Å². The number of hydrogen-bond acceptors (Lipinski definition) is 4. The van der Waals surface area contributed by atoms with Gasteiger partial charge in [-0.05, 0) is 0 Å². The van der Waals surface area contributed by atoms with Gasteiger partial charge in [0.25, 0.3) is 6.47 Å². The van der Waals surface area contributed by atoms with E-state index in [1.165, 1.54) is 0 Å². The number of ether oxygens (including phenoxy) is 1. The van der Waals surface area contributed by atoms with Crippen molar-refractivity contribution < 1.29 is 17.9 Å². The van der Waals surface area contributed by atoms with E-state index >= 15 is 0 Å². The predicted molar refractivity (Wildman–Crippen MR) is 54.3 cm³/mol. The van der Waals surface area contributed by atoms with Gasteiger partial charge in [0.2, 0.25) is 10.0 Å². The summed E-state index contributed by atoms with van der Waals surface area (Å²) >= 11 is 0. The van der Waals surface area contributed by atoms with E-state index in [4.69, 9.17) is 0 Å². The Morgan fingerprint density at radius 1 is 1.33 bits per heavy atom. The van der Waals surface area contributed by atoms with Gasteiger partial charge in [0, 0.05) is 5.56 Å². The fourth-order valence-corrected chi connectivity index (χ4v) is 1.63. The topological polar surface area (TPSA) is 72.5 Å². The van der Waals surface area contributed by atoms with Gasteiger partial charge in [0.15, 0.2) is 6.23 Å². The summed E-state index contributed by atoms with van der Waals surface area (Å²) in [6.45, 7) is 0.204. The smallest absolute Gasteiger partial charge is 0.294 e. The lowest BCUT2D eigenvalue weighted by atomic mass is 10.2. The first kappa shape index (κ1) is 11.7. The molecule has 0 aliphatic rings. The Morgan fingerprint density at radius 2 is 1.93 bits per heavy atom. The fraction of sp³-hybridized carbons (Fsp3) is 0.222. The molecule has 15 heavy (non-hydrogen) atoms. The summed E-state index contributed by atoms with van der Waals surface area (Å²) in [6, 6.07) is 8.54. The van der Waals surface area contributed by atoms with E-state index in [0.29, 0.717) is 5.56 Å². The zero-order chi connectivity index (χ0) is 11.3. The van der Waals surface area contributed by atoms with Crippen molar-refractivity contribution in [1.82, 2.24) is 4.72 Å². The predicted octanol–water partition coefficient (Wildman–Crippen LogP) is 0.407. The van der Waals surface area contributed by atoms with Gasteiger partial charge in [0.05, 0.1) is 6.26 Å². The summed E-state index contributed by atoms with van der Waals surface area (Å²) in [5.74, 6) is 0. The lowest BCUT2D eigenvalue weighted by Gasteiger charge is -2.15.